The van der Waals surface area contributed by atoms with Gasteiger partial charge in [0, 0.05) is 0 Å². The summed E-state index contributed by atoms with van der Waals surface area (Å²) in [5.41, 5.74) is 6.02. The van der Waals surface area contributed by atoms with Gasteiger partial charge < -0.3 is 5.73 Å². The zero-order valence-corrected chi connectivity index (χ0v) is 11.5. The fourth-order valence-electron chi connectivity index (χ4n) is 1.64. The maximum absolute atomic E-state index is 12.2. The first-order chi connectivity index (χ1) is 8.95. The molecule has 1 heterocycles. The normalized spacial score (nSPS) is 10.4. The van der Waals surface area contributed by atoms with Crippen LogP contribution in [0.15, 0.2) is 16.9 Å². The second kappa shape index (κ2) is 5.00. The fraction of sp³-hybridized carbons (Fsp3) is 0.167. The van der Waals surface area contributed by atoms with E-state index < -0.39 is 0 Å². The van der Waals surface area contributed by atoms with Crippen LogP contribution in [0, 0.1) is 19.3 Å². The third-order valence-electron chi connectivity index (χ3n) is 2.59. The summed E-state index contributed by atoms with van der Waals surface area (Å²) in [5, 5.41) is 4.72. The van der Waals surface area contributed by atoms with E-state index >= 15 is 0 Å². The first kappa shape index (κ1) is 13.5. The molecule has 2 N–H and O–H groups in total. The van der Waals surface area contributed by atoms with Gasteiger partial charge in [0.2, 0.25) is 0 Å². The van der Waals surface area contributed by atoms with Gasteiger partial charge in [-0.1, -0.05) is 29.1 Å². The van der Waals surface area contributed by atoms with E-state index in [9.17, 15) is 4.79 Å². The van der Waals surface area contributed by atoms with Gasteiger partial charge in [-0.3, -0.25) is 4.57 Å². The molecule has 5 nitrogen and oxygen atoms in total. The number of rotatable bonds is 2. The predicted molar refractivity (Wildman–Crippen MR) is 75.8 cm³/mol. The highest BCUT2D eigenvalue weighted by atomic mass is 35.5. The van der Waals surface area contributed by atoms with Crippen LogP contribution in [0.25, 0.3) is 5.69 Å². The van der Waals surface area contributed by atoms with Crippen LogP contribution in [-0.4, -0.2) is 14.3 Å². The Balaban J connectivity index is 2.67. The summed E-state index contributed by atoms with van der Waals surface area (Å²) in [6, 6.07) is 2.97. The maximum Gasteiger partial charge on any atom is 0.351 e. The van der Waals surface area contributed by atoms with E-state index in [2.05, 4.69) is 11.0 Å². The lowest BCUT2D eigenvalue weighted by molar-refractivity contribution is 0.752. The molecule has 0 saturated carbocycles. The van der Waals surface area contributed by atoms with E-state index in [4.69, 9.17) is 35.4 Å². The highest BCUT2D eigenvalue weighted by Crippen LogP contribution is 2.28. The summed E-state index contributed by atoms with van der Waals surface area (Å²) in [6.07, 6.45) is 5.21. The van der Waals surface area contributed by atoms with Crippen LogP contribution in [0.4, 0.5) is 5.69 Å². The molecule has 0 spiro atoms. The molecular formula is C12H10Cl2N4O. The lowest BCUT2D eigenvalue weighted by Crippen LogP contribution is -2.24. The highest BCUT2D eigenvalue weighted by molar-refractivity contribution is 6.37. The quantitative estimate of drug-likeness (QED) is 0.679. The van der Waals surface area contributed by atoms with Gasteiger partial charge in [-0.2, -0.15) is 9.78 Å². The Bertz CT molecular complexity index is 739. The van der Waals surface area contributed by atoms with Gasteiger partial charge in [-0.25, -0.2) is 4.79 Å². The molecule has 2 aromatic rings. The number of anilines is 1. The first-order valence-electron chi connectivity index (χ1n) is 5.30. The molecule has 19 heavy (non-hydrogen) atoms. The number of benzene rings is 1. The van der Waals surface area contributed by atoms with Gasteiger partial charge in [-0.05, 0) is 19.1 Å². The van der Waals surface area contributed by atoms with Crippen molar-refractivity contribution in [1.29, 1.82) is 0 Å². The Morgan fingerprint density at radius 2 is 2.11 bits per heavy atom. The van der Waals surface area contributed by atoms with Gasteiger partial charge in [0.05, 0.1) is 28.0 Å². The average Bonchev–Trinajstić information content (AvgIpc) is 2.62. The van der Waals surface area contributed by atoms with Crippen LogP contribution in [0.3, 0.4) is 0 Å². The SMILES string of the molecule is C#CCn1c(C)nn(-c2cc(N)c(Cl)cc2Cl)c1=O. The van der Waals surface area contributed by atoms with Crippen molar-refractivity contribution in [1.82, 2.24) is 14.3 Å². The molecule has 0 aliphatic rings. The minimum Gasteiger partial charge on any atom is -0.397 e. The second-order valence-electron chi connectivity index (χ2n) is 3.86. The third kappa shape index (κ3) is 2.33. The highest BCUT2D eigenvalue weighted by Gasteiger charge is 2.14. The van der Waals surface area contributed by atoms with Crippen molar-refractivity contribution < 1.29 is 0 Å². The summed E-state index contributed by atoms with van der Waals surface area (Å²) in [4.78, 5) is 12.2. The molecule has 0 atom stereocenters. The number of aromatic nitrogens is 3. The topological polar surface area (TPSA) is 65.8 Å². The van der Waals surface area contributed by atoms with Gasteiger partial charge >= 0.3 is 5.69 Å². The Hall–Kier alpha value is -1.90. The summed E-state index contributed by atoms with van der Waals surface area (Å²) >= 11 is 11.9. The van der Waals surface area contributed by atoms with E-state index in [0.717, 1.165) is 4.68 Å². The van der Waals surface area contributed by atoms with Crippen molar-refractivity contribution in [3.63, 3.8) is 0 Å². The molecule has 0 saturated heterocycles. The van der Waals surface area contributed by atoms with E-state index in [1.54, 1.807) is 6.92 Å². The van der Waals surface area contributed by atoms with Crippen LogP contribution in [0.5, 0.6) is 0 Å². The Kier molecular flexibility index (Phi) is 3.56. The number of terminal acetylenes is 1. The molecule has 0 bridgehead atoms. The molecule has 0 fully saturated rings. The lowest BCUT2D eigenvalue weighted by Gasteiger charge is -2.05. The van der Waals surface area contributed by atoms with E-state index in [0.29, 0.717) is 22.2 Å². The summed E-state index contributed by atoms with van der Waals surface area (Å²) in [6.45, 7) is 1.83. The van der Waals surface area contributed by atoms with Crippen LogP contribution in [-0.2, 0) is 6.54 Å². The van der Waals surface area contributed by atoms with Crippen molar-refractivity contribution >= 4 is 28.9 Å². The van der Waals surface area contributed by atoms with Gasteiger partial charge in [0.1, 0.15) is 5.82 Å². The van der Waals surface area contributed by atoms with Gasteiger partial charge in [0.25, 0.3) is 0 Å². The summed E-state index contributed by atoms with van der Waals surface area (Å²) in [7, 11) is 0. The first-order valence-corrected chi connectivity index (χ1v) is 6.06. The van der Waals surface area contributed by atoms with Crippen molar-refractivity contribution in [2.75, 3.05) is 5.73 Å². The molecule has 2 rings (SSSR count). The Morgan fingerprint density at radius 1 is 1.42 bits per heavy atom. The maximum atomic E-state index is 12.2. The molecule has 0 aliphatic carbocycles. The number of hydrogen-bond acceptors (Lipinski definition) is 3. The fourth-order valence-corrected chi connectivity index (χ4v) is 2.10. The predicted octanol–water partition coefficient (Wildman–Crippen LogP) is 1.86. The summed E-state index contributed by atoms with van der Waals surface area (Å²) in [5.74, 6) is 2.89. The van der Waals surface area contributed by atoms with Gasteiger partial charge in [-0.15, -0.1) is 6.42 Å². The monoisotopic (exact) mass is 296 g/mol. The van der Waals surface area contributed by atoms with Crippen LogP contribution in [0.2, 0.25) is 10.0 Å². The molecule has 0 unspecified atom stereocenters. The van der Waals surface area contributed by atoms with Gasteiger partial charge in [0.15, 0.2) is 0 Å². The molecule has 0 radical (unpaired) electrons. The average molecular weight is 297 g/mol. The van der Waals surface area contributed by atoms with Crippen molar-refractivity contribution in [2.24, 2.45) is 0 Å². The number of hydrogen-bond donors (Lipinski definition) is 1. The zero-order chi connectivity index (χ0) is 14.2. The summed E-state index contributed by atoms with van der Waals surface area (Å²) < 4.78 is 2.52. The minimum atomic E-state index is -0.376. The minimum absolute atomic E-state index is 0.144. The Morgan fingerprint density at radius 3 is 2.74 bits per heavy atom. The number of nitrogens with zero attached hydrogens (tertiary/aromatic N) is 3. The number of aryl methyl sites for hydroxylation is 1. The molecule has 0 amide bonds. The zero-order valence-electron chi connectivity index (χ0n) is 10.0. The largest absolute Gasteiger partial charge is 0.397 e. The smallest absolute Gasteiger partial charge is 0.351 e. The number of nitrogen functional groups attached to an aromatic ring is 1. The van der Waals surface area contributed by atoms with Crippen LogP contribution < -0.4 is 11.4 Å². The molecule has 1 aromatic heterocycles. The molecule has 0 aliphatic heterocycles. The Labute approximate surface area is 119 Å². The van der Waals surface area contributed by atoms with E-state index in [-0.39, 0.29) is 17.3 Å². The number of halogens is 2. The molecule has 7 heteroatoms. The second-order valence-corrected chi connectivity index (χ2v) is 4.67. The van der Waals surface area contributed by atoms with Crippen molar-refractivity contribution in [3.05, 3.63) is 38.5 Å². The van der Waals surface area contributed by atoms with Crippen molar-refractivity contribution in [2.45, 2.75) is 13.5 Å². The number of nitrogens with two attached hydrogens (primary N) is 1. The lowest BCUT2D eigenvalue weighted by atomic mass is 10.3. The van der Waals surface area contributed by atoms with Crippen LogP contribution in [0.1, 0.15) is 5.82 Å². The van der Waals surface area contributed by atoms with Crippen molar-refractivity contribution in [3.8, 4) is 18.0 Å². The molecule has 1 aromatic carbocycles. The van der Waals surface area contributed by atoms with E-state index in [1.807, 2.05) is 0 Å². The third-order valence-corrected chi connectivity index (χ3v) is 3.22. The standard InChI is InChI=1S/C12H10Cl2N4O/c1-3-4-17-7(2)16-18(12(17)19)11-6-10(15)8(13)5-9(11)14/h1,5-6H,4,15H2,2H3. The van der Waals surface area contributed by atoms with Crippen LogP contribution >= 0.6 is 23.2 Å². The van der Waals surface area contributed by atoms with E-state index in [1.165, 1.54) is 16.7 Å². The molecule has 98 valence electrons. The molecular weight excluding hydrogens is 287 g/mol.